The Morgan fingerprint density at radius 3 is 2.86 bits per heavy atom. The van der Waals surface area contributed by atoms with Gasteiger partial charge in [-0.2, -0.15) is 20.1 Å². The molecule has 7 heteroatoms. The summed E-state index contributed by atoms with van der Waals surface area (Å²) in [5.74, 6) is 1.79. The average molecular weight is 300 g/mol. The largest absolute Gasteiger partial charge is 0.354 e. The van der Waals surface area contributed by atoms with Gasteiger partial charge in [0.1, 0.15) is 0 Å². The first-order valence-corrected chi connectivity index (χ1v) is 7.70. The lowest BCUT2D eigenvalue weighted by molar-refractivity contribution is 0.796. The highest BCUT2D eigenvalue weighted by molar-refractivity contribution is 7.13. The molecule has 3 heterocycles. The normalized spacial score (nSPS) is 10.8. The van der Waals surface area contributed by atoms with E-state index < -0.39 is 0 Å². The van der Waals surface area contributed by atoms with E-state index in [9.17, 15) is 0 Å². The van der Waals surface area contributed by atoms with Crippen molar-refractivity contribution in [3.63, 3.8) is 0 Å². The second-order valence-electron chi connectivity index (χ2n) is 4.59. The summed E-state index contributed by atoms with van der Waals surface area (Å²) in [4.78, 5) is 14.5. The van der Waals surface area contributed by atoms with Crippen LogP contribution in [0.25, 0.3) is 16.6 Å². The lowest BCUT2D eigenvalue weighted by Gasteiger charge is -2.08. The fourth-order valence-corrected chi connectivity index (χ4v) is 2.73. The van der Waals surface area contributed by atoms with Crippen LogP contribution in [0.4, 0.5) is 5.95 Å². The van der Waals surface area contributed by atoms with Gasteiger partial charge in [0.25, 0.3) is 5.95 Å². The molecule has 3 rings (SSSR count). The summed E-state index contributed by atoms with van der Waals surface area (Å²) in [5, 5.41) is 9.45. The van der Waals surface area contributed by atoms with E-state index in [-0.39, 0.29) is 0 Å². The van der Waals surface area contributed by atoms with Crippen LogP contribution in [-0.4, -0.2) is 31.3 Å². The molecule has 21 heavy (non-hydrogen) atoms. The van der Waals surface area contributed by atoms with Gasteiger partial charge in [0, 0.05) is 18.9 Å². The number of anilines is 1. The minimum absolute atomic E-state index is 0.524. The van der Waals surface area contributed by atoms with Crippen molar-refractivity contribution >= 4 is 17.3 Å². The number of thiophene rings is 1. The molecule has 6 nitrogen and oxygen atoms in total. The number of rotatable bonds is 5. The maximum atomic E-state index is 4.54. The van der Waals surface area contributed by atoms with E-state index in [4.69, 9.17) is 0 Å². The van der Waals surface area contributed by atoms with E-state index >= 15 is 0 Å². The van der Waals surface area contributed by atoms with E-state index in [1.54, 1.807) is 22.2 Å². The third-order valence-corrected chi connectivity index (χ3v) is 3.94. The van der Waals surface area contributed by atoms with Crippen molar-refractivity contribution in [2.75, 3.05) is 11.9 Å². The molecule has 0 aliphatic rings. The number of aryl methyl sites for hydroxylation is 1. The highest BCUT2D eigenvalue weighted by Gasteiger charge is 2.12. The zero-order chi connectivity index (χ0) is 14.7. The number of nitrogens with zero attached hydrogens (tertiary/aromatic N) is 5. The van der Waals surface area contributed by atoms with Gasteiger partial charge >= 0.3 is 0 Å². The summed E-state index contributed by atoms with van der Waals surface area (Å²) in [6, 6.07) is 3.91. The Labute approximate surface area is 126 Å². The first-order valence-electron chi connectivity index (χ1n) is 6.82. The van der Waals surface area contributed by atoms with Crippen molar-refractivity contribution < 1.29 is 0 Å². The summed E-state index contributed by atoms with van der Waals surface area (Å²) in [6.45, 7) is 4.99. The molecule has 0 amide bonds. The fourth-order valence-electron chi connectivity index (χ4n) is 1.87. The van der Waals surface area contributed by atoms with Gasteiger partial charge in [0.2, 0.25) is 5.95 Å². The number of aromatic nitrogens is 5. The van der Waals surface area contributed by atoms with E-state index in [1.807, 2.05) is 17.6 Å². The van der Waals surface area contributed by atoms with Gasteiger partial charge in [0.05, 0.1) is 4.88 Å². The molecule has 0 spiro atoms. The van der Waals surface area contributed by atoms with Crippen molar-refractivity contribution in [3.05, 3.63) is 35.5 Å². The lowest BCUT2D eigenvalue weighted by atomic mass is 10.3. The van der Waals surface area contributed by atoms with Crippen molar-refractivity contribution in [2.45, 2.75) is 20.3 Å². The minimum atomic E-state index is 0.524. The Bertz CT molecular complexity index is 719. The van der Waals surface area contributed by atoms with Gasteiger partial charge < -0.3 is 5.32 Å². The van der Waals surface area contributed by atoms with Crippen LogP contribution in [0.3, 0.4) is 0 Å². The first kappa shape index (κ1) is 13.7. The van der Waals surface area contributed by atoms with Gasteiger partial charge in [-0.3, -0.25) is 0 Å². The van der Waals surface area contributed by atoms with Crippen molar-refractivity contribution in [1.29, 1.82) is 0 Å². The predicted molar refractivity (Wildman–Crippen MR) is 83.8 cm³/mol. The summed E-state index contributed by atoms with van der Waals surface area (Å²) >= 11 is 1.63. The Kier molecular flexibility index (Phi) is 3.92. The van der Waals surface area contributed by atoms with Gasteiger partial charge in [-0.1, -0.05) is 6.92 Å². The molecule has 0 bridgehead atoms. The van der Waals surface area contributed by atoms with Gasteiger partial charge in [-0.25, -0.2) is 4.68 Å². The highest BCUT2D eigenvalue weighted by atomic mass is 32.1. The summed E-state index contributed by atoms with van der Waals surface area (Å²) in [6.07, 6.45) is 4.54. The zero-order valence-electron chi connectivity index (χ0n) is 11.9. The van der Waals surface area contributed by atoms with Crippen LogP contribution in [0.5, 0.6) is 0 Å². The molecule has 0 saturated heterocycles. The smallest absolute Gasteiger partial charge is 0.255 e. The van der Waals surface area contributed by atoms with Crippen molar-refractivity contribution in [3.8, 4) is 16.6 Å². The topological polar surface area (TPSA) is 68.5 Å². The Balaban J connectivity index is 2.07. The summed E-state index contributed by atoms with van der Waals surface area (Å²) in [7, 11) is 0. The third kappa shape index (κ3) is 2.92. The van der Waals surface area contributed by atoms with Crippen molar-refractivity contribution in [2.24, 2.45) is 0 Å². The average Bonchev–Trinajstić information content (AvgIpc) is 3.16. The standard InChI is InChI=1S/C14H16N6S/c1-3-6-15-13-17-12(11-10(2)5-9-21-11)18-14(19-13)20-8-4-7-16-20/h4-5,7-9H,3,6H2,1-2H3,(H,15,17,18,19). The predicted octanol–water partition coefficient (Wildman–Crippen LogP) is 2.92. The molecule has 3 aromatic rings. The molecule has 1 N–H and O–H groups in total. The van der Waals surface area contributed by atoms with Crippen LogP contribution in [0.2, 0.25) is 0 Å². The molecule has 0 fully saturated rings. The minimum Gasteiger partial charge on any atom is -0.354 e. The Hall–Kier alpha value is -2.28. The molecular formula is C14H16N6S. The van der Waals surface area contributed by atoms with Gasteiger partial charge in [-0.05, 0) is 36.4 Å². The molecular weight excluding hydrogens is 284 g/mol. The summed E-state index contributed by atoms with van der Waals surface area (Å²) in [5.41, 5.74) is 1.17. The monoisotopic (exact) mass is 300 g/mol. The number of hydrogen-bond acceptors (Lipinski definition) is 6. The fraction of sp³-hybridized carbons (Fsp3) is 0.286. The molecule has 0 unspecified atom stereocenters. The Morgan fingerprint density at radius 1 is 1.29 bits per heavy atom. The molecule has 0 radical (unpaired) electrons. The molecule has 0 aliphatic heterocycles. The highest BCUT2D eigenvalue weighted by Crippen LogP contribution is 2.26. The van der Waals surface area contributed by atoms with Crippen LogP contribution in [-0.2, 0) is 0 Å². The van der Waals surface area contributed by atoms with Crippen LogP contribution >= 0.6 is 11.3 Å². The third-order valence-electron chi connectivity index (χ3n) is 2.93. The quantitative estimate of drug-likeness (QED) is 0.784. The first-order chi connectivity index (χ1) is 10.3. The maximum absolute atomic E-state index is 4.54. The molecule has 0 saturated carbocycles. The molecule has 108 valence electrons. The van der Waals surface area contributed by atoms with Gasteiger partial charge in [0.15, 0.2) is 5.82 Å². The van der Waals surface area contributed by atoms with E-state index in [2.05, 4.69) is 45.3 Å². The maximum Gasteiger partial charge on any atom is 0.255 e. The number of nitrogens with one attached hydrogen (secondary N) is 1. The van der Waals surface area contributed by atoms with Crippen molar-refractivity contribution in [1.82, 2.24) is 24.7 Å². The lowest BCUT2D eigenvalue weighted by Crippen LogP contribution is -2.10. The zero-order valence-corrected chi connectivity index (χ0v) is 12.8. The van der Waals surface area contributed by atoms with E-state index in [1.165, 1.54) is 5.56 Å². The van der Waals surface area contributed by atoms with E-state index in [0.717, 1.165) is 17.8 Å². The SMILES string of the molecule is CCCNc1nc(-c2sccc2C)nc(-n2cccn2)n1. The van der Waals surface area contributed by atoms with Crippen LogP contribution < -0.4 is 5.32 Å². The van der Waals surface area contributed by atoms with Gasteiger partial charge in [-0.15, -0.1) is 11.3 Å². The second kappa shape index (κ2) is 6.01. The molecule has 0 aliphatic carbocycles. The van der Waals surface area contributed by atoms with Crippen LogP contribution in [0, 0.1) is 6.92 Å². The number of hydrogen-bond donors (Lipinski definition) is 1. The van der Waals surface area contributed by atoms with Crippen LogP contribution in [0.15, 0.2) is 29.9 Å². The van der Waals surface area contributed by atoms with Crippen LogP contribution in [0.1, 0.15) is 18.9 Å². The molecule has 0 atom stereocenters. The van der Waals surface area contributed by atoms with E-state index in [0.29, 0.717) is 17.7 Å². The summed E-state index contributed by atoms with van der Waals surface area (Å²) < 4.78 is 1.64. The molecule has 3 aromatic heterocycles. The Morgan fingerprint density at radius 2 is 2.19 bits per heavy atom. The second-order valence-corrected chi connectivity index (χ2v) is 5.51. The molecule has 0 aromatic carbocycles.